The number of hydrogen-bond acceptors (Lipinski definition) is 3. The molecule has 0 saturated heterocycles. The first-order valence-electron chi connectivity index (χ1n) is 9.92. The quantitative estimate of drug-likeness (QED) is 0.260. The third-order valence-corrected chi connectivity index (χ3v) is 4.99. The molecule has 1 saturated carbocycles. The molecule has 0 spiro atoms. The summed E-state index contributed by atoms with van der Waals surface area (Å²) in [7, 11) is 1.63. The molecule has 2 aromatic rings. The van der Waals surface area contributed by atoms with Gasteiger partial charge < -0.3 is 20.7 Å². The number of nitrogens with zero attached hydrogens (tertiary/aromatic N) is 1. The number of benzene rings is 2. The van der Waals surface area contributed by atoms with Gasteiger partial charge in [-0.05, 0) is 36.6 Å². The standard InChI is InChI=1S/C22H26F2N4O2.HI/c1-25-22(27-14-17-7-2-3-11-19(17)30-21(23)24)26-13-15-6-4-10-18(12-15)28-20(29)16-8-5-9-16;/h2-4,6-7,10-12,16,21H,5,8-9,13-14H2,1H3,(H,28,29)(H2,25,26,27);1H. The number of para-hydroxylation sites is 1. The summed E-state index contributed by atoms with van der Waals surface area (Å²) in [4.78, 5) is 16.3. The zero-order chi connectivity index (χ0) is 21.3. The third-order valence-electron chi connectivity index (χ3n) is 4.99. The highest BCUT2D eigenvalue weighted by Crippen LogP contribution is 2.27. The summed E-state index contributed by atoms with van der Waals surface area (Å²) >= 11 is 0. The molecule has 31 heavy (non-hydrogen) atoms. The Labute approximate surface area is 197 Å². The number of ether oxygens (including phenoxy) is 1. The van der Waals surface area contributed by atoms with Crippen molar-refractivity contribution in [1.82, 2.24) is 10.6 Å². The molecular weight excluding hydrogens is 517 g/mol. The van der Waals surface area contributed by atoms with Gasteiger partial charge in [0, 0.05) is 37.3 Å². The highest BCUT2D eigenvalue weighted by molar-refractivity contribution is 14.0. The molecule has 0 unspecified atom stereocenters. The summed E-state index contributed by atoms with van der Waals surface area (Å²) < 4.78 is 29.6. The van der Waals surface area contributed by atoms with Crippen LogP contribution in [-0.4, -0.2) is 25.5 Å². The van der Waals surface area contributed by atoms with E-state index in [9.17, 15) is 13.6 Å². The van der Waals surface area contributed by atoms with Gasteiger partial charge in [-0.1, -0.05) is 36.8 Å². The lowest BCUT2D eigenvalue weighted by Gasteiger charge is -2.24. The van der Waals surface area contributed by atoms with Gasteiger partial charge in [-0.2, -0.15) is 8.78 Å². The first-order chi connectivity index (χ1) is 14.5. The van der Waals surface area contributed by atoms with Crippen LogP contribution in [0.15, 0.2) is 53.5 Å². The van der Waals surface area contributed by atoms with E-state index in [4.69, 9.17) is 0 Å². The Balaban J connectivity index is 0.00000341. The fraction of sp³-hybridized carbons (Fsp3) is 0.364. The second-order valence-electron chi connectivity index (χ2n) is 7.08. The second kappa shape index (κ2) is 12.4. The van der Waals surface area contributed by atoms with Gasteiger partial charge in [0.15, 0.2) is 5.96 Å². The minimum atomic E-state index is -2.87. The number of halogens is 3. The van der Waals surface area contributed by atoms with Crippen molar-refractivity contribution in [3.05, 3.63) is 59.7 Å². The fourth-order valence-corrected chi connectivity index (χ4v) is 3.12. The molecule has 0 radical (unpaired) electrons. The summed E-state index contributed by atoms with van der Waals surface area (Å²) in [5, 5.41) is 9.24. The van der Waals surface area contributed by atoms with E-state index in [2.05, 4.69) is 25.7 Å². The molecule has 1 amide bonds. The van der Waals surface area contributed by atoms with Gasteiger partial charge in [-0.25, -0.2) is 0 Å². The van der Waals surface area contributed by atoms with E-state index in [1.807, 2.05) is 24.3 Å². The zero-order valence-corrected chi connectivity index (χ0v) is 19.6. The largest absolute Gasteiger partial charge is 0.434 e. The second-order valence-corrected chi connectivity index (χ2v) is 7.08. The van der Waals surface area contributed by atoms with Gasteiger partial charge in [-0.3, -0.25) is 9.79 Å². The van der Waals surface area contributed by atoms with Gasteiger partial charge in [0.1, 0.15) is 5.75 Å². The predicted octanol–water partition coefficient (Wildman–Crippen LogP) is 4.51. The minimum absolute atomic E-state index is 0. The monoisotopic (exact) mass is 544 g/mol. The predicted molar refractivity (Wildman–Crippen MR) is 128 cm³/mol. The van der Waals surface area contributed by atoms with Crippen molar-refractivity contribution in [2.24, 2.45) is 10.9 Å². The maximum Gasteiger partial charge on any atom is 0.387 e. The number of hydrogen-bond donors (Lipinski definition) is 3. The van der Waals surface area contributed by atoms with Gasteiger partial charge in [0.05, 0.1) is 0 Å². The Morgan fingerprint density at radius 3 is 2.55 bits per heavy atom. The molecular formula is C22H27F2IN4O2. The van der Waals surface area contributed by atoms with E-state index in [1.54, 1.807) is 25.2 Å². The van der Waals surface area contributed by atoms with Crippen molar-refractivity contribution < 1.29 is 18.3 Å². The molecule has 0 aromatic heterocycles. The zero-order valence-electron chi connectivity index (χ0n) is 17.2. The summed E-state index contributed by atoms with van der Waals surface area (Å²) in [6.45, 7) is -2.11. The van der Waals surface area contributed by atoms with Crippen molar-refractivity contribution >= 4 is 41.5 Å². The molecule has 168 valence electrons. The molecule has 0 aliphatic heterocycles. The molecule has 3 N–H and O–H groups in total. The van der Waals surface area contributed by atoms with Crippen molar-refractivity contribution in [2.75, 3.05) is 12.4 Å². The molecule has 2 aromatic carbocycles. The Kier molecular flexibility index (Phi) is 9.96. The maximum atomic E-state index is 12.5. The number of rotatable bonds is 8. The molecule has 0 bridgehead atoms. The number of guanidine groups is 1. The molecule has 6 nitrogen and oxygen atoms in total. The highest BCUT2D eigenvalue weighted by Gasteiger charge is 2.25. The molecule has 0 heterocycles. The third kappa shape index (κ3) is 7.64. The van der Waals surface area contributed by atoms with Gasteiger partial charge in [0.25, 0.3) is 0 Å². The number of nitrogens with one attached hydrogen (secondary N) is 3. The average molecular weight is 544 g/mol. The lowest BCUT2D eigenvalue weighted by molar-refractivity contribution is -0.122. The van der Waals surface area contributed by atoms with E-state index in [-0.39, 0.29) is 48.1 Å². The Morgan fingerprint density at radius 2 is 1.87 bits per heavy atom. The van der Waals surface area contributed by atoms with Gasteiger partial charge >= 0.3 is 6.61 Å². The summed E-state index contributed by atoms with van der Waals surface area (Å²) in [6.07, 6.45) is 3.04. The van der Waals surface area contributed by atoms with Crippen LogP contribution in [0.4, 0.5) is 14.5 Å². The number of amides is 1. The molecule has 0 atom stereocenters. The Hall–Kier alpha value is -2.43. The van der Waals surface area contributed by atoms with E-state index >= 15 is 0 Å². The van der Waals surface area contributed by atoms with Crippen LogP contribution in [0, 0.1) is 5.92 Å². The minimum Gasteiger partial charge on any atom is -0.434 e. The van der Waals surface area contributed by atoms with Crippen LogP contribution in [0.5, 0.6) is 5.75 Å². The lowest BCUT2D eigenvalue weighted by Crippen LogP contribution is -2.36. The lowest BCUT2D eigenvalue weighted by atomic mass is 9.85. The number of alkyl halides is 2. The van der Waals surface area contributed by atoms with Crippen LogP contribution < -0.4 is 20.7 Å². The van der Waals surface area contributed by atoms with E-state index in [0.717, 1.165) is 30.5 Å². The van der Waals surface area contributed by atoms with Crippen molar-refractivity contribution in [3.63, 3.8) is 0 Å². The molecule has 9 heteroatoms. The number of carbonyl (C=O) groups excluding carboxylic acids is 1. The van der Waals surface area contributed by atoms with Crippen molar-refractivity contribution in [2.45, 2.75) is 39.0 Å². The molecule has 1 fully saturated rings. The van der Waals surface area contributed by atoms with Crippen LogP contribution in [0.1, 0.15) is 30.4 Å². The highest BCUT2D eigenvalue weighted by atomic mass is 127. The van der Waals surface area contributed by atoms with Crippen molar-refractivity contribution in [1.29, 1.82) is 0 Å². The van der Waals surface area contributed by atoms with Crippen molar-refractivity contribution in [3.8, 4) is 5.75 Å². The molecule has 1 aliphatic carbocycles. The van der Waals surface area contributed by atoms with E-state index < -0.39 is 6.61 Å². The average Bonchev–Trinajstić information content (AvgIpc) is 2.67. The first kappa shape index (κ1) is 24.8. The summed E-state index contributed by atoms with van der Waals surface area (Å²) in [5.41, 5.74) is 2.35. The summed E-state index contributed by atoms with van der Waals surface area (Å²) in [5.74, 6) is 0.858. The topological polar surface area (TPSA) is 74.8 Å². The van der Waals surface area contributed by atoms with Gasteiger partial charge in [-0.15, -0.1) is 24.0 Å². The van der Waals surface area contributed by atoms with E-state index in [0.29, 0.717) is 18.1 Å². The van der Waals surface area contributed by atoms with Gasteiger partial charge in [0.2, 0.25) is 5.91 Å². The van der Waals surface area contributed by atoms with Crippen LogP contribution >= 0.6 is 24.0 Å². The Morgan fingerprint density at radius 1 is 1.13 bits per heavy atom. The normalized spacial score (nSPS) is 13.7. The van der Waals surface area contributed by atoms with Crippen LogP contribution in [-0.2, 0) is 17.9 Å². The number of carbonyl (C=O) groups is 1. The molecule has 3 rings (SSSR count). The first-order valence-corrected chi connectivity index (χ1v) is 9.92. The number of anilines is 1. The van der Waals surface area contributed by atoms with E-state index in [1.165, 1.54) is 6.07 Å². The SMILES string of the molecule is CN=C(NCc1cccc(NC(=O)C2CCC2)c1)NCc1ccccc1OC(F)F.I. The fourth-order valence-electron chi connectivity index (χ4n) is 3.12. The summed E-state index contributed by atoms with van der Waals surface area (Å²) in [6, 6.07) is 14.2. The Bertz CT molecular complexity index is 891. The number of aliphatic imine (C=N–C) groups is 1. The smallest absolute Gasteiger partial charge is 0.387 e. The molecule has 1 aliphatic rings. The van der Waals surface area contributed by atoms with Crippen LogP contribution in [0.25, 0.3) is 0 Å². The van der Waals surface area contributed by atoms with Crippen LogP contribution in [0.3, 0.4) is 0 Å². The maximum absolute atomic E-state index is 12.5. The van der Waals surface area contributed by atoms with Crippen LogP contribution in [0.2, 0.25) is 0 Å².